The number of imidazole rings is 1. The van der Waals surface area contributed by atoms with E-state index >= 15 is 0 Å². The van der Waals surface area contributed by atoms with Gasteiger partial charge in [0, 0.05) is 38.4 Å². The topological polar surface area (TPSA) is 97.9 Å². The first kappa shape index (κ1) is 17.2. The average molecular weight is 358 g/mol. The molecule has 0 spiro atoms. The number of hydrogen-bond acceptors (Lipinski definition) is 5. The van der Waals surface area contributed by atoms with E-state index in [1.165, 1.54) is 6.42 Å². The first-order valence-corrected chi connectivity index (χ1v) is 9.48. The van der Waals surface area contributed by atoms with Crippen molar-refractivity contribution in [2.24, 2.45) is 13.0 Å². The summed E-state index contributed by atoms with van der Waals surface area (Å²) in [7, 11) is 1.92. The number of nitrogens with one attached hydrogen (secondary N) is 1. The van der Waals surface area contributed by atoms with Gasteiger partial charge in [-0.05, 0) is 25.7 Å². The first-order chi connectivity index (χ1) is 12.6. The van der Waals surface area contributed by atoms with Crippen LogP contribution in [-0.2, 0) is 20.0 Å². The number of aromatic nitrogens is 5. The van der Waals surface area contributed by atoms with E-state index in [1.54, 1.807) is 12.5 Å². The minimum atomic E-state index is -0.431. The van der Waals surface area contributed by atoms with Crippen molar-refractivity contribution >= 4 is 5.91 Å². The monoisotopic (exact) mass is 358 g/mol. The van der Waals surface area contributed by atoms with E-state index in [-0.39, 0.29) is 17.7 Å². The summed E-state index contributed by atoms with van der Waals surface area (Å²) in [5, 5.41) is 21.5. The zero-order valence-corrected chi connectivity index (χ0v) is 15.1. The second kappa shape index (κ2) is 7.19. The fourth-order valence-corrected chi connectivity index (χ4v) is 4.28. The van der Waals surface area contributed by atoms with Crippen LogP contribution < -0.4 is 5.32 Å². The molecule has 0 unspecified atom stereocenters. The lowest BCUT2D eigenvalue weighted by molar-refractivity contribution is 0.0907. The number of aliphatic hydroxyl groups is 1. The van der Waals surface area contributed by atoms with E-state index in [2.05, 4.69) is 25.1 Å². The Hall–Kier alpha value is -2.22. The molecule has 8 nitrogen and oxygen atoms in total. The van der Waals surface area contributed by atoms with Crippen molar-refractivity contribution in [3.63, 3.8) is 0 Å². The lowest BCUT2D eigenvalue weighted by Crippen LogP contribution is -2.33. The predicted molar refractivity (Wildman–Crippen MR) is 94.6 cm³/mol. The molecule has 8 heteroatoms. The molecule has 1 saturated carbocycles. The molecule has 0 aromatic carbocycles. The molecular weight excluding hydrogens is 332 g/mol. The average Bonchev–Trinajstić information content (AvgIpc) is 3.28. The molecule has 3 atom stereocenters. The molecule has 1 amide bonds. The van der Waals surface area contributed by atoms with Gasteiger partial charge in [-0.25, -0.2) is 4.98 Å². The number of hydrogen-bond donors (Lipinski definition) is 2. The maximum atomic E-state index is 12.6. The molecule has 0 saturated heterocycles. The van der Waals surface area contributed by atoms with Crippen LogP contribution in [0.3, 0.4) is 0 Å². The van der Waals surface area contributed by atoms with Gasteiger partial charge < -0.3 is 19.6 Å². The molecule has 2 N–H and O–H groups in total. The number of carbonyl (C=O) groups is 1. The van der Waals surface area contributed by atoms with Crippen LogP contribution in [0.25, 0.3) is 0 Å². The maximum absolute atomic E-state index is 12.6. The highest BCUT2D eigenvalue weighted by Crippen LogP contribution is 2.37. The number of fused-ring (bicyclic) bond motifs is 1. The number of aliphatic hydroxyl groups excluding tert-OH is 1. The third-order valence-electron chi connectivity index (χ3n) is 5.75. The molecule has 26 heavy (non-hydrogen) atoms. The van der Waals surface area contributed by atoms with E-state index in [4.69, 9.17) is 0 Å². The zero-order valence-electron chi connectivity index (χ0n) is 15.1. The van der Waals surface area contributed by atoms with E-state index in [9.17, 15) is 9.90 Å². The lowest BCUT2D eigenvalue weighted by atomic mass is 10.0. The summed E-state index contributed by atoms with van der Waals surface area (Å²) in [5.74, 6) is 2.03. The summed E-state index contributed by atoms with van der Waals surface area (Å²) in [6, 6.07) is 0. The van der Waals surface area contributed by atoms with Crippen molar-refractivity contribution in [2.75, 3.05) is 6.54 Å². The lowest BCUT2D eigenvalue weighted by Gasteiger charge is -2.15. The Labute approximate surface area is 152 Å². The van der Waals surface area contributed by atoms with Crippen LogP contribution in [-0.4, -0.2) is 48.0 Å². The largest absolute Gasteiger partial charge is 0.393 e. The highest BCUT2D eigenvalue weighted by Gasteiger charge is 2.36. The van der Waals surface area contributed by atoms with Crippen LogP contribution in [0.4, 0.5) is 0 Å². The Bertz CT molecular complexity index is 782. The third kappa shape index (κ3) is 3.25. The second-order valence-electron chi connectivity index (χ2n) is 7.53. The number of nitrogens with zero attached hydrogens (tertiary/aromatic N) is 5. The number of aryl methyl sites for hydroxylation is 2. The minimum Gasteiger partial charge on any atom is -0.393 e. The van der Waals surface area contributed by atoms with Gasteiger partial charge in [-0.2, -0.15) is 0 Å². The summed E-state index contributed by atoms with van der Waals surface area (Å²) in [6.07, 6.45) is 8.75. The molecule has 1 aliphatic heterocycles. The van der Waals surface area contributed by atoms with Gasteiger partial charge in [0.2, 0.25) is 0 Å². The van der Waals surface area contributed by atoms with Crippen LogP contribution in [0.5, 0.6) is 0 Å². The second-order valence-corrected chi connectivity index (χ2v) is 7.53. The highest BCUT2D eigenvalue weighted by molar-refractivity contribution is 5.92. The van der Waals surface area contributed by atoms with Crippen molar-refractivity contribution in [3.8, 4) is 0 Å². The van der Waals surface area contributed by atoms with Gasteiger partial charge in [-0.1, -0.05) is 6.42 Å². The van der Waals surface area contributed by atoms with Crippen molar-refractivity contribution in [2.45, 2.75) is 57.1 Å². The van der Waals surface area contributed by atoms with Gasteiger partial charge in [0.1, 0.15) is 23.7 Å². The van der Waals surface area contributed by atoms with Gasteiger partial charge in [-0.15, -0.1) is 10.2 Å². The van der Waals surface area contributed by atoms with Gasteiger partial charge in [0.15, 0.2) is 0 Å². The molecule has 1 fully saturated rings. The Morgan fingerprint density at radius 1 is 1.35 bits per heavy atom. The first-order valence-electron chi connectivity index (χ1n) is 9.48. The quantitative estimate of drug-likeness (QED) is 0.850. The number of amides is 1. The zero-order chi connectivity index (χ0) is 18.1. The van der Waals surface area contributed by atoms with Crippen molar-refractivity contribution in [1.29, 1.82) is 0 Å². The SMILES string of the molecule is Cn1cnnc1[C@H]1C[C@H](CNC(=O)c2cnc3n2CCCCC3)[C@H](O)C1. The fraction of sp³-hybridized carbons (Fsp3) is 0.667. The minimum absolute atomic E-state index is 0.0344. The van der Waals surface area contributed by atoms with E-state index < -0.39 is 6.10 Å². The standard InChI is InChI=1S/C18H26N6O2/c1-23-11-21-22-17(23)12-7-13(15(25)8-12)9-20-18(26)14-10-19-16-5-3-2-4-6-24(14)16/h10-13,15,25H,2-9H2,1H3,(H,20,26)/t12-,13+,15+/m0/s1. The molecule has 140 valence electrons. The van der Waals surface area contributed by atoms with Crippen LogP contribution in [0, 0.1) is 5.92 Å². The van der Waals surface area contributed by atoms with Gasteiger partial charge >= 0.3 is 0 Å². The van der Waals surface area contributed by atoms with Crippen LogP contribution in [0.1, 0.15) is 60.2 Å². The smallest absolute Gasteiger partial charge is 0.269 e. The molecule has 0 radical (unpaired) electrons. The van der Waals surface area contributed by atoms with E-state index in [0.717, 1.165) is 43.9 Å². The number of rotatable bonds is 4. The Balaban J connectivity index is 1.38. The van der Waals surface area contributed by atoms with Crippen molar-refractivity contribution in [1.82, 2.24) is 29.6 Å². The van der Waals surface area contributed by atoms with E-state index in [1.807, 2.05) is 11.6 Å². The van der Waals surface area contributed by atoms with Crippen LogP contribution in [0.2, 0.25) is 0 Å². The van der Waals surface area contributed by atoms with Crippen LogP contribution >= 0.6 is 0 Å². The summed E-state index contributed by atoms with van der Waals surface area (Å²) < 4.78 is 3.95. The molecular formula is C18H26N6O2. The van der Waals surface area contributed by atoms with E-state index in [0.29, 0.717) is 18.7 Å². The van der Waals surface area contributed by atoms with Gasteiger partial charge in [-0.3, -0.25) is 4.79 Å². The van der Waals surface area contributed by atoms with Gasteiger partial charge in [0.25, 0.3) is 5.91 Å². The summed E-state index contributed by atoms with van der Waals surface area (Å²) in [4.78, 5) is 17.1. The third-order valence-corrected chi connectivity index (χ3v) is 5.75. The Kier molecular flexibility index (Phi) is 4.76. The van der Waals surface area contributed by atoms with Gasteiger partial charge in [0.05, 0.1) is 12.3 Å². The molecule has 2 aliphatic rings. The summed E-state index contributed by atoms with van der Waals surface area (Å²) in [5.41, 5.74) is 0.638. The highest BCUT2D eigenvalue weighted by atomic mass is 16.3. The molecule has 1 aliphatic carbocycles. The maximum Gasteiger partial charge on any atom is 0.269 e. The number of carbonyl (C=O) groups excluding carboxylic acids is 1. The summed E-state index contributed by atoms with van der Waals surface area (Å²) in [6.45, 7) is 1.33. The molecule has 3 heterocycles. The normalized spacial score (nSPS) is 25.7. The molecule has 2 aromatic rings. The van der Waals surface area contributed by atoms with Crippen molar-refractivity contribution < 1.29 is 9.90 Å². The Morgan fingerprint density at radius 2 is 2.23 bits per heavy atom. The summed E-state index contributed by atoms with van der Waals surface area (Å²) >= 11 is 0. The van der Waals surface area contributed by atoms with Crippen LogP contribution in [0.15, 0.2) is 12.5 Å². The Morgan fingerprint density at radius 3 is 3.04 bits per heavy atom. The predicted octanol–water partition coefficient (Wildman–Crippen LogP) is 1.02. The molecule has 4 rings (SSSR count). The fourth-order valence-electron chi connectivity index (χ4n) is 4.28. The molecule has 2 aromatic heterocycles. The molecule has 0 bridgehead atoms. The van der Waals surface area contributed by atoms with Crippen molar-refractivity contribution in [3.05, 3.63) is 29.9 Å².